The number of benzene rings is 2. The Morgan fingerprint density at radius 1 is 1.05 bits per heavy atom. The Balaban J connectivity index is 1.91. The minimum atomic E-state index is -2.00. The molecule has 4 atom stereocenters. The Bertz CT molecular complexity index is 1490. The van der Waals surface area contributed by atoms with E-state index in [-0.39, 0.29) is 53.5 Å². The van der Waals surface area contributed by atoms with Gasteiger partial charge >= 0.3 is 18.0 Å². The summed E-state index contributed by atoms with van der Waals surface area (Å²) in [6, 6.07) is 6.69. The van der Waals surface area contributed by atoms with Crippen molar-refractivity contribution in [3.8, 4) is 11.5 Å². The van der Waals surface area contributed by atoms with Crippen molar-refractivity contribution in [2.45, 2.75) is 31.3 Å². The van der Waals surface area contributed by atoms with Gasteiger partial charge in [0.1, 0.15) is 22.6 Å². The van der Waals surface area contributed by atoms with E-state index in [0.717, 1.165) is 12.0 Å². The standard InChI is InChI=1S/C29H32N4O10/c1-14(34)15-6-8-16(9-7-15)33-24(35)21-22(25(33)36)29(27(38)39,10-5-11-31-28(30)40)32-23(21)18-12-17(41-2)13-19(42-3)20(18)26(37)43-4/h6-9,12-13,21-23,32H,5,10-11H2,1-4H3,(H,38,39)(H3,30,31,40). The van der Waals surface area contributed by atoms with E-state index in [0.29, 0.717) is 5.56 Å². The predicted octanol–water partition coefficient (Wildman–Crippen LogP) is 1.42. The summed E-state index contributed by atoms with van der Waals surface area (Å²) in [5.41, 5.74) is 3.71. The second-order valence-corrected chi connectivity index (χ2v) is 10.2. The monoisotopic (exact) mass is 596 g/mol. The van der Waals surface area contributed by atoms with Crippen molar-refractivity contribution < 1.29 is 48.1 Å². The fourth-order valence-corrected chi connectivity index (χ4v) is 5.94. The van der Waals surface area contributed by atoms with Crippen LogP contribution in [0.15, 0.2) is 36.4 Å². The van der Waals surface area contributed by atoms with Crippen LogP contribution in [0.5, 0.6) is 11.5 Å². The number of urea groups is 1. The summed E-state index contributed by atoms with van der Waals surface area (Å²) in [4.78, 5) is 78.2. The number of aliphatic carboxylic acids is 1. The van der Waals surface area contributed by atoms with E-state index in [1.807, 2.05) is 0 Å². The topological polar surface area (TPSA) is 204 Å². The molecule has 0 aliphatic carbocycles. The van der Waals surface area contributed by atoms with E-state index in [9.17, 15) is 33.9 Å². The van der Waals surface area contributed by atoms with Crippen LogP contribution in [0.25, 0.3) is 0 Å². The lowest BCUT2D eigenvalue weighted by molar-refractivity contribution is -0.149. The lowest BCUT2D eigenvalue weighted by Gasteiger charge is -2.31. The summed E-state index contributed by atoms with van der Waals surface area (Å²) in [7, 11) is 3.86. The first-order chi connectivity index (χ1) is 20.4. The number of carboxylic acid groups (broad SMARTS) is 1. The smallest absolute Gasteiger partial charge is 0.341 e. The van der Waals surface area contributed by atoms with Gasteiger partial charge in [-0.15, -0.1) is 0 Å². The maximum atomic E-state index is 14.1. The van der Waals surface area contributed by atoms with Gasteiger partial charge in [0.05, 0.1) is 38.9 Å². The van der Waals surface area contributed by atoms with Crippen molar-refractivity contribution in [1.82, 2.24) is 10.6 Å². The Hall–Kier alpha value is -4.98. The zero-order valence-corrected chi connectivity index (χ0v) is 24.0. The summed E-state index contributed by atoms with van der Waals surface area (Å²) in [5, 5.41) is 16.0. The highest BCUT2D eigenvalue weighted by atomic mass is 16.5. The molecular formula is C29H32N4O10. The van der Waals surface area contributed by atoms with E-state index in [2.05, 4.69) is 10.6 Å². The number of nitrogens with two attached hydrogens (primary N) is 1. The number of esters is 1. The molecule has 4 unspecified atom stereocenters. The van der Waals surface area contributed by atoms with Gasteiger partial charge in [0, 0.05) is 24.2 Å². The third kappa shape index (κ3) is 5.36. The van der Waals surface area contributed by atoms with Crippen LogP contribution >= 0.6 is 0 Å². The molecule has 4 rings (SSSR count). The molecule has 4 amide bonds. The molecule has 0 spiro atoms. The SMILES string of the molecule is COC(=O)c1c(OC)cc(OC)cc1C1NC(CCCNC(N)=O)(C(=O)O)C2C(=O)N(c3ccc(C(C)=O)cc3)C(=O)C12. The van der Waals surface area contributed by atoms with E-state index in [4.69, 9.17) is 19.9 Å². The first-order valence-corrected chi connectivity index (χ1v) is 13.3. The van der Waals surface area contributed by atoms with Crippen molar-refractivity contribution in [2.24, 2.45) is 17.6 Å². The molecule has 2 aliphatic heterocycles. The van der Waals surface area contributed by atoms with Gasteiger partial charge in [-0.25, -0.2) is 14.5 Å². The quantitative estimate of drug-likeness (QED) is 0.126. The number of amides is 4. The molecule has 2 fully saturated rings. The summed E-state index contributed by atoms with van der Waals surface area (Å²) in [6.07, 6.45) is -0.108. The Morgan fingerprint density at radius 3 is 2.26 bits per heavy atom. The van der Waals surface area contributed by atoms with E-state index < -0.39 is 53.2 Å². The average molecular weight is 597 g/mol. The number of methoxy groups -OCH3 is 3. The van der Waals surface area contributed by atoms with Crippen molar-refractivity contribution in [2.75, 3.05) is 32.8 Å². The molecule has 0 bridgehead atoms. The molecule has 2 aliphatic rings. The number of imide groups is 1. The third-order valence-electron chi connectivity index (χ3n) is 7.90. The van der Waals surface area contributed by atoms with Gasteiger partial charge in [0.25, 0.3) is 0 Å². The number of primary amides is 1. The van der Waals surface area contributed by atoms with Crippen molar-refractivity contribution in [3.05, 3.63) is 53.1 Å². The van der Waals surface area contributed by atoms with Crippen LogP contribution in [0.3, 0.4) is 0 Å². The minimum Gasteiger partial charge on any atom is -0.497 e. The van der Waals surface area contributed by atoms with Crippen LogP contribution in [0.1, 0.15) is 52.1 Å². The molecule has 2 aromatic rings. The average Bonchev–Trinajstić information content (AvgIpc) is 3.47. The lowest BCUT2D eigenvalue weighted by atomic mass is 9.76. The number of carboxylic acids is 1. The molecule has 2 aromatic carbocycles. The van der Waals surface area contributed by atoms with Gasteiger partial charge in [-0.05, 0) is 55.7 Å². The summed E-state index contributed by atoms with van der Waals surface area (Å²) in [6.45, 7) is 1.38. The number of ether oxygens (including phenoxy) is 3. The highest BCUT2D eigenvalue weighted by molar-refractivity contribution is 6.24. The number of nitrogens with one attached hydrogen (secondary N) is 2. The number of fused-ring (bicyclic) bond motifs is 1. The normalized spacial score (nSPS) is 22.6. The maximum Gasteiger partial charge on any atom is 0.341 e. The molecule has 5 N–H and O–H groups in total. The molecule has 0 aromatic heterocycles. The number of carbonyl (C=O) groups is 6. The molecule has 0 radical (unpaired) electrons. The van der Waals surface area contributed by atoms with E-state index >= 15 is 0 Å². The van der Waals surface area contributed by atoms with Crippen LogP contribution < -0.4 is 30.7 Å². The maximum absolute atomic E-state index is 14.1. The lowest BCUT2D eigenvalue weighted by Crippen LogP contribution is -2.56. The van der Waals surface area contributed by atoms with Gasteiger partial charge in [-0.3, -0.25) is 24.5 Å². The fourth-order valence-electron chi connectivity index (χ4n) is 5.94. The number of hydrogen-bond donors (Lipinski definition) is 4. The predicted molar refractivity (Wildman–Crippen MR) is 150 cm³/mol. The zero-order valence-electron chi connectivity index (χ0n) is 24.0. The highest BCUT2D eigenvalue weighted by Gasteiger charge is 2.68. The summed E-state index contributed by atoms with van der Waals surface area (Å²) in [5.74, 6) is -6.36. The summed E-state index contributed by atoms with van der Waals surface area (Å²) < 4.78 is 15.8. The number of rotatable bonds is 11. The first kappa shape index (κ1) is 31.0. The molecule has 228 valence electrons. The Morgan fingerprint density at radius 2 is 1.72 bits per heavy atom. The van der Waals surface area contributed by atoms with Crippen molar-refractivity contribution in [3.63, 3.8) is 0 Å². The fraction of sp³-hybridized carbons (Fsp3) is 0.379. The van der Waals surface area contributed by atoms with Crippen LogP contribution in [-0.4, -0.2) is 74.1 Å². The largest absolute Gasteiger partial charge is 0.497 e. The van der Waals surface area contributed by atoms with Gasteiger partial charge in [0.2, 0.25) is 11.8 Å². The van der Waals surface area contributed by atoms with Crippen LogP contribution in [-0.2, 0) is 19.1 Å². The number of carbonyl (C=O) groups excluding carboxylic acids is 5. The van der Waals surface area contributed by atoms with Gasteiger partial charge in [0.15, 0.2) is 5.78 Å². The third-order valence-corrected chi connectivity index (χ3v) is 7.90. The molecule has 43 heavy (non-hydrogen) atoms. The van der Waals surface area contributed by atoms with E-state index in [1.165, 1.54) is 57.5 Å². The first-order valence-electron chi connectivity index (χ1n) is 13.3. The molecule has 2 heterocycles. The van der Waals surface area contributed by atoms with Crippen LogP contribution in [0.2, 0.25) is 0 Å². The second kappa shape index (κ2) is 12.1. The van der Waals surface area contributed by atoms with Gasteiger partial charge in [-0.1, -0.05) is 0 Å². The summed E-state index contributed by atoms with van der Waals surface area (Å²) >= 11 is 0. The highest BCUT2D eigenvalue weighted by Crippen LogP contribution is 2.53. The molecule has 0 saturated carbocycles. The van der Waals surface area contributed by atoms with Crippen molar-refractivity contribution >= 4 is 41.3 Å². The molecular weight excluding hydrogens is 564 g/mol. The Kier molecular flexibility index (Phi) is 8.71. The Labute approximate surface area is 246 Å². The minimum absolute atomic E-state index is 0.00680. The number of hydrogen-bond acceptors (Lipinski definition) is 10. The van der Waals surface area contributed by atoms with Crippen molar-refractivity contribution in [1.29, 1.82) is 0 Å². The van der Waals surface area contributed by atoms with Crippen LogP contribution in [0.4, 0.5) is 10.5 Å². The number of nitrogens with zero attached hydrogens (tertiary/aromatic N) is 1. The van der Waals surface area contributed by atoms with Gasteiger partial charge < -0.3 is 30.4 Å². The van der Waals surface area contributed by atoms with Gasteiger partial charge in [-0.2, -0.15) is 0 Å². The number of anilines is 1. The number of Topliss-reactive ketones (excluding diaryl/α,β-unsaturated/α-hetero) is 1. The second-order valence-electron chi connectivity index (χ2n) is 10.2. The van der Waals surface area contributed by atoms with E-state index in [1.54, 1.807) is 0 Å². The number of ketones is 1. The van der Waals surface area contributed by atoms with Crippen LogP contribution in [0, 0.1) is 11.8 Å². The molecule has 2 saturated heterocycles. The zero-order chi connectivity index (χ0) is 31.6. The molecule has 14 nitrogen and oxygen atoms in total. The molecule has 14 heteroatoms.